The molecule has 5 nitrogen and oxygen atoms in total. The van der Waals surface area contributed by atoms with Gasteiger partial charge in [-0.25, -0.2) is 4.79 Å². The van der Waals surface area contributed by atoms with Crippen molar-refractivity contribution >= 4 is 11.7 Å². The molecular weight excluding hydrogens is 254 g/mol. The van der Waals surface area contributed by atoms with Gasteiger partial charge in [-0.1, -0.05) is 6.92 Å². The fraction of sp³-hybridized carbons (Fsp3) is 0.467. The van der Waals surface area contributed by atoms with E-state index in [9.17, 15) is 4.79 Å². The third-order valence-electron chi connectivity index (χ3n) is 3.35. The summed E-state index contributed by atoms with van der Waals surface area (Å²) in [7, 11) is 0. The zero-order valence-electron chi connectivity index (χ0n) is 11.6. The number of hydrogen-bond acceptors (Lipinski definition) is 3. The highest BCUT2D eigenvalue weighted by Gasteiger charge is 2.20. The maximum atomic E-state index is 12.1. The van der Waals surface area contributed by atoms with Crippen LogP contribution in [-0.4, -0.2) is 30.6 Å². The van der Waals surface area contributed by atoms with Crippen LogP contribution >= 0.6 is 0 Å². The summed E-state index contributed by atoms with van der Waals surface area (Å²) in [5, 5.41) is 11.3. The number of hydrogen-bond donors (Lipinski definition) is 1. The van der Waals surface area contributed by atoms with Crippen LogP contribution in [0.15, 0.2) is 24.3 Å². The predicted octanol–water partition coefficient (Wildman–Crippen LogP) is 2.85. The van der Waals surface area contributed by atoms with Gasteiger partial charge < -0.3 is 15.0 Å². The van der Waals surface area contributed by atoms with Gasteiger partial charge in [-0.2, -0.15) is 5.26 Å². The fourth-order valence-electron chi connectivity index (χ4n) is 2.33. The first-order valence-corrected chi connectivity index (χ1v) is 6.85. The van der Waals surface area contributed by atoms with Gasteiger partial charge in [0.1, 0.15) is 11.8 Å². The van der Waals surface area contributed by atoms with E-state index >= 15 is 0 Å². The minimum absolute atomic E-state index is 0.0252. The van der Waals surface area contributed by atoms with Crippen LogP contribution in [0.5, 0.6) is 5.75 Å². The van der Waals surface area contributed by atoms with Crippen LogP contribution in [-0.2, 0) is 0 Å². The van der Waals surface area contributed by atoms with E-state index < -0.39 is 0 Å². The number of ether oxygens (including phenoxy) is 1. The Kier molecular flexibility index (Phi) is 4.83. The summed E-state index contributed by atoms with van der Waals surface area (Å²) in [4.78, 5) is 14.0. The molecule has 5 heteroatoms. The van der Waals surface area contributed by atoms with Crippen molar-refractivity contribution < 1.29 is 9.53 Å². The molecule has 1 aliphatic heterocycles. The Hall–Kier alpha value is -2.22. The number of carbonyl (C=O) groups excluding carboxylic acids is 1. The molecule has 20 heavy (non-hydrogen) atoms. The number of urea groups is 1. The number of amides is 2. The first kappa shape index (κ1) is 14.2. The number of anilines is 1. The van der Waals surface area contributed by atoms with Crippen LogP contribution in [0.25, 0.3) is 0 Å². The van der Waals surface area contributed by atoms with Crippen molar-refractivity contribution in [2.45, 2.75) is 19.8 Å². The summed E-state index contributed by atoms with van der Waals surface area (Å²) in [6, 6.07) is 8.89. The van der Waals surface area contributed by atoms with Gasteiger partial charge in [0.05, 0.1) is 0 Å². The highest BCUT2D eigenvalue weighted by Crippen LogP contribution is 2.19. The maximum absolute atomic E-state index is 12.1. The number of rotatable bonds is 3. The molecule has 2 amide bonds. The molecular formula is C15H19N3O2. The topological polar surface area (TPSA) is 65.4 Å². The van der Waals surface area contributed by atoms with E-state index in [1.54, 1.807) is 24.3 Å². The second-order valence-corrected chi connectivity index (χ2v) is 5.09. The first-order chi connectivity index (χ1) is 9.69. The predicted molar refractivity (Wildman–Crippen MR) is 76.5 cm³/mol. The van der Waals surface area contributed by atoms with Crippen LogP contribution < -0.4 is 10.1 Å². The number of piperidine rings is 1. The van der Waals surface area contributed by atoms with E-state index in [1.807, 2.05) is 11.0 Å². The molecule has 1 aliphatic rings. The van der Waals surface area contributed by atoms with Crippen LogP contribution in [0.4, 0.5) is 10.5 Å². The Morgan fingerprint density at radius 1 is 1.50 bits per heavy atom. The molecule has 0 bridgehead atoms. The number of nitrogens with one attached hydrogen (secondary N) is 1. The SMILES string of the molecule is CC1CCCN(C(=O)Nc2ccc(OCC#N)cc2)C1. The average Bonchev–Trinajstić information content (AvgIpc) is 2.46. The van der Waals surface area contributed by atoms with Gasteiger partial charge in [-0.15, -0.1) is 0 Å². The van der Waals surface area contributed by atoms with Gasteiger partial charge in [0.25, 0.3) is 0 Å². The van der Waals surface area contributed by atoms with E-state index in [1.165, 1.54) is 6.42 Å². The Labute approximate surface area is 119 Å². The third-order valence-corrected chi connectivity index (χ3v) is 3.35. The molecule has 1 atom stereocenters. The van der Waals surface area contributed by atoms with Gasteiger partial charge in [-0.3, -0.25) is 0 Å². The third kappa shape index (κ3) is 3.89. The fourth-order valence-corrected chi connectivity index (χ4v) is 2.33. The Morgan fingerprint density at radius 3 is 2.90 bits per heavy atom. The molecule has 1 aromatic rings. The molecule has 0 aliphatic carbocycles. The molecule has 0 radical (unpaired) electrons. The molecule has 106 valence electrons. The summed E-state index contributed by atoms with van der Waals surface area (Å²) in [5.41, 5.74) is 0.734. The van der Waals surface area contributed by atoms with Crippen molar-refractivity contribution in [3.8, 4) is 11.8 Å². The van der Waals surface area contributed by atoms with Gasteiger partial charge in [-0.05, 0) is 43.0 Å². The van der Waals surface area contributed by atoms with Crippen molar-refractivity contribution in [1.29, 1.82) is 5.26 Å². The molecule has 1 unspecified atom stereocenters. The lowest BCUT2D eigenvalue weighted by Crippen LogP contribution is -2.41. The quantitative estimate of drug-likeness (QED) is 0.921. The summed E-state index contributed by atoms with van der Waals surface area (Å²) in [6.07, 6.45) is 2.25. The van der Waals surface area contributed by atoms with Crippen molar-refractivity contribution in [2.75, 3.05) is 25.0 Å². The zero-order chi connectivity index (χ0) is 14.4. The maximum Gasteiger partial charge on any atom is 0.321 e. The van der Waals surface area contributed by atoms with Gasteiger partial charge in [0.2, 0.25) is 0 Å². The standard InChI is InChI=1S/C15H19N3O2/c1-12-3-2-9-18(11-12)15(19)17-13-4-6-14(7-5-13)20-10-8-16/h4-7,12H,2-3,9-11H2,1H3,(H,17,19). The molecule has 1 heterocycles. The number of benzene rings is 1. The Balaban J connectivity index is 1.89. The van der Waals surface area contributed by atoms with Gasteiger partial charge >= 0.3 is 6.03 Å². The van der Waals surface area contributed by atoms with Crippen molar-refractivity contribution in [2.24, 2.45) is 5.92 Å². The van der Waals surface area contributed by atoms with Crippen LogP contribution in [0.1, 0.15) is 19.8 Å². The minimum atomic E-state index is -0.0535. The van der Waals surface area contributed by atoms with E-state index in [0.29, 0.717) is 11.7 Å². The highest BCUT2D eigenvalue weighted by atomic mass is 16.5. The lowest BCUT2D eigenvalue weighted by Gasteiger charge is -2.30. The number of nitriles is 1. The molecule has 1 saturated heterocycles. The Morgan fingerprint density at radius 2 is 2.25 bits per heavy atom. The van der Waals surface area contributed by atoms with E-state index in [2.05, 4.69) is 12.2 Å². The molecule has 0 saturated carbocycles. The summed E-state index contributed by atoms with van der Waals surface area (Å²) in [6.45, 7) is 3.83. The lowest BCUT2D eigenvalue weighted by molar-refractivity contribution is 0.182. The summed E-state index contributed by atoms with van der Waals surface area (Å²) < 4.78 is 5.16. The minimum Gasteiger partial charge on any atom is -0.479 e. The lowest BCUT2D eigenvalue weighted by atomic mass is 10.0. The zero-order valence-corrected chi connectivity index (χ0v) is 11.6. The Bertz CT molecular complexity index is 493. The van der Waals surface area contributed by atoms with E-state index in [0.717, 1.165) is 25.2 Å². The van der Waals surface area contributed by atoms with Crippen molar-refractivity contribution in [3.63, 3.8) is 0 Å². The summed E-state index contributed by atoms with van der Waals surface area (Å²) in [5.74, 6) is 1.19. The largest absolute Gasteiger partial charge is 0.479 e. The second-order valence-electron chi connectivity index (χ2n) is 5.09. The number of nitrogens with zero attached hydrogens (tertiary/aromatic N) is 2. The van der Waals surface area contributed by atoms with Crippen molar-refractivity contribution in [1.82, 2.24) is 4.90 Å². The first-order valence-electron chi connectivity index (χ1n) is 6.85. The second kappa shape index (κ2) is 6.80. The van der Waals surface area contributed by atoms with E-state index in [4.69, 9.17) is 10.00 Å². The molecule has 1 fully saturated rings. The molecule has 0 spiro atoms. The van der Waals surface area contributed by atoms with Crippen LogP contribution in [0.3, 0.4) is 0 Å². The van der Waals surface area contributed by atoms with Gasteiger partial charge in [0, 0.05) is 18.8 Å². The summed E-state index contributed by atoms with van der Waals surface area (Å²) >= 11 is 0. The van der Waals surface area contributed by atoms with Crippen molar-refractivity contribution in [3.05, 3.63) is 24.3 Å². The number of likely N-dealkylation sites (tertiary alicyclic amines) is 1. The monoisotopic (exact) mass is 273 g/mol. The highest BCUT2D eigenvalue weighted by molar-refractivity contribution is 5.89. The van der Waals surface area contributed by atoms with Crippen LogP contribution in [0.2, 0.25) is 0 Å². The normalized spacial score (nSPS) is 18.2. The molecule has 1 N–H and O–H groups in total. The van der Waals surface area contributed by atoms with Crippen LogP contribution in [0, 0.1) is 17.2 Å². The average molecular weight is 273 g/mol. The smallest absolute Gasteiger partial charge is 0.321 e. The molecule has 0 aromatic heterocycles. The molecule has 1 aromatic carbocycles. The van der Waals surface area contributed by atoms with Gasteiger partial charge in [0.15, 0.2) is 6.61 Å². The molecule has 2 rings (SSSR count). The number of carbonyl (C=O) groups is 1. The van der Waals surface area contributed by atoms with E-state index in [-0.39, 0.29) is 12.6 Å².